The van der Waals surface area contributed by atoms with Crippen molar-refractivity contribution < 1.29 is 44.1 Å². The number of aliphatic hydroxyl groups excluding tert-OH is 3. The first kappa shape index (κ1) is 22.1. The molecule has 0 bridgehead atoms. The van der Waals surface area contributed by atoms with Crippen LogP contribution in [0.1, 0.15) is 18.1 Å². The Morgan fingerprint density at radius 1 is 1.13 bits per heavy atom. The average Bonchev–Trinajstić information content (AvgIpc) is 2.75. The summed E-state index contributed by atoms with van der Waals surface area (Å²) in [5, 5.41) is 42.5. The molecule has 9 nitrogen and oxygen atoms in total. The van der Waals surface area contributed by atoms with Crippen LogP contribution in [0.4, 0.5) is 0 Å². The number of hydrogen-bond donors (Lipinski definition) is 4. The number of ether oxygens (including phenoxy) is 5. The van der Waals surface area contributed by atoms with E-state index in [0.29, 0.717) is 35.3 Å². The Kier molecular flexibility index (Phi) is 6.25. The molecule has 31 heavy (non-hydrogen) atoms. The van der Waals surface area contributed by atoms with E-state index in [4.69, 9.17) is 23.7 Å². The summed E-state index contributed by atoms with van der Waals surface area (Å²) in [7, 11) is 2.86. The van der Waals surface area contributed by atoms with Crippen molar-refractivity contribution in [1.29, 1.82) is 0 Å². The van der Waals surface area contributed by atoms with Crippen LogP contribution < -0.4 is 9.47 Å². The van der Waals surface area contributed by atoms with Gasteiger partial charge in [-0.25, -0.2) is 0 Å². The molecule has 1 saturated heterocycles. The fourth-order valence-electron chi connectivity index (χ4n) is 4.35. The highest BCUT2D eigenvalue weighted by atomic mass is 16.7. The first-order valence-electron chi connectivity index (χ1n) is 10.2. The second-order valence-electron chi connectivity index (χ2n) is 7.93. The number of rotatable bonds is 5. The molecule has 2 aromatic carbocycles. The normalized spacial score (nSPS) is 30.8. The van der Waals surface area contributed by atoms with Gasteiger partial charge in [0.25, 0.3) is 0 Å². The molecule has 6 atom stereocenters. The maximum Gasteiger partial charge on any atom is 0.195 e. The smallest absolute Gasteiger partial charge is 0.195 e. The third-order valence-corrected chi connectivity index (χ3v) is 5.94. The van der Waals surface area contributed by atoms with Gasteiger partial charge in [-0.15, -0.1) is 0 Å². The highest BCUT2D eigenvalue weighted by Crippen LogP contribution is 2.43. The molecule has 9 heteroatoms. The molecule has 2 aromatic rings. The minimum atomic E-state index is -1.48. The third kappa shape index (κ3) is 3.93. The second kappa shape index (κ2) is 8.78. The van der Waals surface area contributed by atoms with Crippen molar-refractivity contribution >= 4 is 10.8 Å². The van der Waals surface area contributed by atoms with Gasteiger partial charge in [0.05, 0.1) is 31.8 Å². The zero-order valence-electron chi connectivity index (χ0n) is 17.6. The number of aliphatic hydroxyl groups is 3. The van der Waals surface area contributed by atoms with Crippen molar-refractivity contribution in [3.8, 4) is 17.2 Å². The van der Waals surface area contributed by atoms with E-state index >= 15 is 0 Å². The molecule has 170 valence electrons. The standard InChI is InChI=1S/C22H28O9/c1-10-4-11-5-12-6-13(7-15(27-2)17(12)18(24)14(11)9-29-10)30-21-19(25)20(28-3)16(8-23)31-22(21)26/h5-7,10,16,19-26H,4,8-9H2,1-3H3/t10-,16?,19?,20?,21?,22?/m0/s1. The summed E-state index contributed by atoms with van der Waals surface area (Å²) in [6.07, 6.45) is -4.93. The van der Waals surface area contributed by atoms with Crippen LogP contribution in [-0.4, -0.2) is 78.1 Å². The number of aromatic hydroxyl groups is 1. The lowest BCUT2D eigenvalue weighted by atomic mass is 9.93. The molecule has 0 radical (unpaired) electrons. The lowest BCUT2D eigenvalue weighted by molar-refractivity contribution is -0.284. The van der Waals surface area contributed by atoms with E-state index in [0.717, 1.165) is 11.1 Å². The van der Waals surface area contributed by atoms with Gasteiger partial charge in [0, 0.05) is 18.7 Å². The first-order chi connectivity index (χ1) is 14.9. The molecule has 4 N–H and O–H groups in total. The van der Waals surface area contributed by atoms with Crippen molar-refractivity contribution in [1.82, 2.24) is 0 Å². The highest BCUT2D eigenvalue weighted by Gasteiger charge is 2.46. The SMILES string of the molecule is COc1cc(OC2C(O)OC(CO)C(OC)C2O)cc2cc3c(c(O)c12)CO[C@@H](C)C3. The molecular weight excluding hydrogens is 408 g/mol. The van der Waals surface area contributed by atoms with Gasteiger partial charge in [-0.2, -0.15) is 0 Å². The van der Waals surface area contributed by atoms with Crippen molar-refractivity contribution in [2.75, 3.05) is 20.8 Å². The molecule has 2 heterocycles. The summed E-state index contributed by atoms with van der Waals surface area (Å²) in [6.45, 7) is 1.87. The van der Waals surface area contributed by atoms with Crippen molar-refractivity contribution in [3.63, 3.8) is 0 Å². The number of hydrogen-bond acceptors (Lipinski definition) is 9. The van der Waals surface area contributed by atoms with Crippen LogP contribution in [0, 0.1) is 0 Å². The van der Waals surface area contributed by atoms with Crippen LogP contribution in [0.25, 0.3) is 10.8 Å². The maximum atomic E-state index is 10.9. The molecule has 0 amide bonds. The Morgan fingerprint density at radius 2 is 1.90 bits per heavy atom. The number of phenols is 1. The number of methoxy groups -OCH3 is 2. The topological polar surface area (TPSA) is 127 Å². The Hall–Kier alpha value is -2.14. The van der Waals surface area contributed by atoms with Gasteiger partial charge in [-0.1, -0.05) is 6.07 Å². The Balaban J connectivity index is 1.71. The first-order valence-corrected chi connectivity index (χ1v) is 10.2. The predicted octanol–water partition coefficient (Wildman–Crippen LogP) is 0.848. The fourth-order valence-corrected chi connectivity index (χ4v) is 4.35. The van der Waals surface area contributed by atoms with Crippen molar-refractivity contribution in [2.24, 2.45) is 0 Å². The fraction of sp³-hybridized carbons (Fsp3) is 0.545. The van der Waals surface area contributed by atoms with Crippen LogP contribution >= 0.6 is 0 Å². The van der Waals surface area contributed by atoms with E-state index in [2.05, 4.69) is 0 Å². The van der Waals surface area contributed by atoms with Gasteiger partial charge in [-0.3, -0.25) is 0 Å². The van der Waals surface area contributed by atoms with E-state index in [9.17, 15) is 20.4 Å². The zero-order valence-corrected chi connectivity index (χ0v) is 17.6. The summed E-state index contributed by atoms with van der Waals surface area (Å²) >= 11 is 0. The lowest BCUT2D eigenvalue weighted by Crippen LogP contribution is -2.61. The summed E-state index contributed by atoms with van der Waals surface area (Å²) in [5.41, 5.74) is 1.72. The molecule has 0 aliphatic carbocycles. The second-order valence-corrected chi connectivity index (χ2v) is 7.93. The van der Waals surface area contributed by atoms with E-state index in [1.807, 2.05) is 13.0 Å². The van der Waals surface area contributed by atoms with Gasteiger partial charge in [0.15, 0.2) is 12.4 Å². The van der Waals surface area contributed by atoms with E-state index in [1.54, 1.807) is 12.1 Å². The van der Waals surface area contributed by atoms with Crippen LogP contribution in [-0.2, 0) is 27.2 Å². The summed E-state index contributed by atoms with van der Waals surface area (Å²) in [6, 6.07) is 5.24. The monoisotopic (exact) mass is 436 g/mol. The summed E-state index contributed by atoms with van der Waals surface area (Å²) in [5.74, 6) is 0.797. The minimum absolute atomic E-state index is 0.0424. The van der Waals surface area contributed by atoms with Crippen LogP contribution in [0.2, 0.25) is 0 Å². The molecule has 4 rings (SSSR count). The van der Waals surface area contributed by atoms with Crippen LogP contribution in [0.3, 0.4) is 0 Å². The molecular formula is C22H28O9. The van der Waals surface area contributed by atoms with E-state index in [1.165, 1.54) is 14.2 Å². The van der Waals surface area contributed by atoms with Gasteiger partial charge < -0.3 is 44.1 Å². The van der Waals surface area contributed by atoms with Gasteiger partial charge in [0.1, 0.15) is 35.6 Å². The average molecular weight is 436 g/mol. The molecule has 0 spiro atoms. The predicted molar refractivity (Wildman–Crippen MR) is 109 cm³/mol. The number of phenolic OH excluding ortho intramolecular Hbond substituents is 1. The number of benzene rings is 2. The molecule has 1 fully saturated rings. The molecule has 2 aliphatic rings. The largest absolute Gasteiger partial charge is 0.507 e. The van der Waals surface area contributed by atoms with Crippen molar-refractivity contribution in [2.45, 2.75) is 56.8 Å². The Bertz CT molecular complexity index is 946. The van der Waals surface area contributed by atoms with E-state index in [-0.39, 0.29) is 11.9 Å². The third-order valence-electron chi connectivity index (χ3n) is 5.94. The van der Waals surface area contributed by atoms with Gasteiger partial charge >= 0.3 is 0 Å². The quantitative estimate of drug-likeness (QED) is 0.539. The molecule has 0 aromatic heterocycles. The summed E-state index contributed by atoms with van der Waals surface area (Å²) < 4.78 is 27.6. The van der Waals surface area contributed by atoms with Crippen LogP contribution in [0.5, 0.6) is 17.2 Å². The molecule has 0 saturated carbocycles. The molecule has 2 aliphatic heterocycles. The van der Waals surface area contributed by atoms with Crippen molar-refractivity contribution in [3.05, 3.63) is 29.3 Å². The summed E-state index contributed by atoms with van der Waals surface area (Å²) in [4.78, 5) is 0. The van der Waals surface area contributed by atoms with E-state index < -0.39 is 37.3 Å². The molecule has 5 unspecified atom stereocenters. The minimum Gasteiger partial charge on any atom is -0.507 e. The lowest BCUT2D eigenvalue weighted by Gasteiger charge is -2.41. The zero-order chi connectivity index (χ0) is 22.3. The Labute approximate surface area is 179 Å². The van der Waals surface area contributed by atoms with Gasteiger partial charge in [0.2, 0.25) is 0 Å². The highest BCUT2D eigenvalue weighted by molar-refractivity contribution is 5.96. The van der Waals surface area contributed by atoms with Gasteiger partial charge in [-0.05, 0) is 30.4 Å². The number of fused-ring (bicyclic) bond motifs is 2. The maximum absolute atomic E-state index is 10.9. The van der Waals surface area contributed by atoms with Crippen LogP contribution in [0.15, 0.2) is 18.2 Å². The Morgan fingerprint density at radius 3 is 2.58 bits per heavy atom.